The Labute approximate surface area is 153 Å². The Morgan fingerprint density at radius 1 is 1.08 bits per heavy atom. The molecule has 138 valence electrons. The lowest BCUT2D eigenvalue weighted by Crippen LogP contribution is -2.43. The monoisotopic (exact) mass is 342 g/mol. The SMILES string of the molecule is C[C@]12CCCCC1=CC[C@@H]1C2=CC[C@]2(C)[C@@H](CC3OCCO3)CC[C@@H]12. The van der Waals surface area contributed by atoms with Crippen LogP contribution in [0.2, 0.25) is 0 Å². The van der Waals surface area contributed by atoms with Crippen LogP contribution in [0.4, 0.5) is 0 Å². The second-order valence-corrected chi connectivity index (χ2v) is 9.77. The standard InChI is InChI=1S/C23H34O2/c1-22-11-4-3-5-16(22)6-8-18-19-9-7-17(15-21-24-13-14-25-21)23(19,2)12-10-20(18)22/h6,10,17-19,21H,3-5,7-9,11-15H2,1-2H3/t17-,18+,19+,22+,23-/m1/s1. The van der Waals surface area contributed by atoms with E-state index in [1.165, 1.54) is 51.4 Å². The number of rotatable bonds is 2. The van der Waals surface area contributed by atoms with Crippen molar-refractivity contribution in [3.8, 4) is 0 Å². The predicted octanol–water partition coefficient (Wildman–Crippen LogP) is 5.64. The number of ether oxygens (including phenoxy) is 2. The van der Waals surface area contributed by atoms with E-state index in [1.807, 2.05) is 5.57 Å². The summed E-state index contributed by atoms with van der Waals surface area (Å²) in [4.78, 5) is 0. The molecule has 0 N–H and O–H groups in total. The number of hydrogen-bond donors (Lipinski definition) is 0. The molecule has 1 heterocycles. The van der Waals surface area contributed by atoms with Gasteiger partial charge in [-0.05, 0) is 68.1 Å². The highest BCUT2D eigenvalue weighted by Crippen LogP contribution is 2.64. The second kappa shape index (κ2) is 5.96. The largest absolute Gasteiger partial charge is 0.350 e. The van der Waals surface area contributed by atoms with Crippen molar-refractivity contribution in [1.82, 2.24) is 0 Å². The van der Waals surface area contributed by atoms with Crippen LogP contribution in [0, 0.1) is 28.6 Å². The number of hydrogen-bond acceptors (Lipinski definition) is 2. The molecule has 25 heavy (non-hydrogen) atoms. The molecule has 1 saturated heterocycles. The fraction of sp³-hybridized carbons (Fsp3) is 0.826. The summed E-state index contributed by atoms with van der Waals surface area (Å²) < 4.78 is 11.6. The van der Waals surface area contributed by atoms with Crippen molar-refractivity contribution in [1.29, 1.82) is 0 Å². The molecule has 0 aromatic carbocycles. The van der Waals surface area contributed by atoms with Crippen LogP contribution in [0.3, 0.4) is 0 Å². The molecule has 0 bridgehead atoms. The fourth-order valence-electron chi connectivity index (χ4n) is 7.26. The predicted molar refractivity (Wildman–Crippen MR) is 100 cm³/mol. The lowest BCUT2D eigenvalue weighted by atomic mass is 9.52. The molecule has 2 nitrogen and oxygen atoms in total. The van der Waals surface area contributed by atoms with E-state index < -0.39 is 0 Å². The zero-order valence-corrected chi connectivity index (χ0v) is 16.1. The minimum absolute atomic E-state index is 0.0691. The topological polar surface area (TPSA) is 18.5 Å². The first-order valence-electron chi connectivity index (χ1n) is 10.7. The lowest BCUT2D eigenvalue weighted by Gasteiger charge is -2.53. The van der Waals surface area contributed by atoms with E-state index in [0.717, 1.165) is 37.4 Å². The summed E-state index contributed by atoms with van der Waals surface area (Å²) in [5.74, 6) is 2.44. The van der Waals surface area contributed by atoms with Gasteiger partial charge in [0.05, 0.1) is 13.2 Å². The first-order chi connectivity index (χ1) is 12.1. The zero-order valence-electron chi connectivity index (χ0n) is 16.1. The molecule has 3 fully saturated rings. The molecule has 2 saturated carbocycles. The quantitative estimate of drug-likeness (QED) is 0.605. The Balaban J connectivity index is 1.42. The summed E-state index contributed by atoms with van der Waals surface area (Å²) in [6.45, 7) is 6.72. The van der Waals surface area contributed by atoms with Gasteiger partial charge in [-0.15, -0.1) is 0 Å². The van der Waals surface area contributed by atoms with Crippen LogP contribution in [0.15, 0.2) is 23.3 Å². The molecule has 1 aliphatic heterocycles. The average Bonchev–Trinajstić information content (AvgIpc) is 3.23. The molecule has 2 heteroatoms. The highest BCUT2D eigenvalue weighted by Gasteiger charge is 2.55. The second-order valence-electron chi connectivity index (χ2n) is 9.77. The maximum Gasteiger partial charge on any atom is 0.158 e. The van der Waals surface area contributed by atoms with E-state index in [1.54, 1.807) is 5.57 Å². The molecular formula is C23H34O2. The molecule has 4 aliphatic carbocycles. The maximum absolute atomic E-state index is 5.79. The maximum atomic E-state index is 5.79. The average molecular weight is 343 g/mol. The van der Waals surface area contributed by atoms with Crippen molar-refractivity contribution in [3.63, 3.8) is 0 Å². The molecule has 0 radical (unpaired) electrons. The Bertz CT molecular complexity index is 599. The third kappa shape index (κ3) is 2.43. The van der Waals surface area contributed by atoms with Gasteiger partial charge in [-0.1, -0.05) is 43.6 Å². The highest BCUT2D eigenvalue weighted by atomic mass is 16.7. The van der Waals surface area contributed by atoms with Gasteiger partial charge in [0.15, 0.2) is 6.29 Å². The van der Waals surface area contributed by atoms with Crippen molar-refractivity contribution in [2.45, 2.75) is 77.9 Å². The van der Waals surface area contributed by atoms with Crippen LogP contribution in [-0.2, 0) is 9.47 Å². The van der Waals surface area contributed by atoms with Gasteiger partial charge in [0.1, 0.15) is 0 Å². The van der Waals surface area contributed by atoms with E-state index in [4.69, 9.17) is 9.47 Å². The first-order valence-corrected chi connectivity index (χ1v) is 10.7. The fourth-order valence-corrected chi connectivity index (χ4v) is 7.26. The molecule has 0 unspecified atom stereocenters. The van der Waals surface area contributed by atoms with Crippen molar-refractivity contribution < 1.29 is 9.47 Å². The summed E-state index contributed by atoms with van der Waals surface area (Å²) >= 11 is 0. The van der Waals surface area contributed by atoms with Gasteiger partial charge in [-0.3, -0.25) is 0 Å². The molecule has 0 aromatic heterocycles. The Hall–Kier alpha value is -0.600. The molecule has 0 amide bonds. The molecule has 0 spiro atoms. The van der Waals surface area contributed by atoms with Crippen LogP contribution in [0.1, 0.15) is 71.6 Å². The van der Waals surface area contributed by atoms with Gasteiger partial charge in [-0.25, -0.2) is 0 Å². The Morgan fingerprint density at radius 2 is 1.92 bits per heavy atom. The summed E-state index contributed by atoms with van der Waals surface area (Å²) in [6.07, 6.45) is 17.5. The van der Waals surface area contributed by atoms with Gasteiger partial charge in [0.25, 0.3) is 0 Å². The van der Waals surface area contributed by atoms with Crippen molar-refractivity contribution >= 4 is 0 Å². The summed E-state index contributed by atoms with van der Waals surface area (Å²) in [7, 11) is 0. The number of allylic oxidation sites excluding steroid dienone is 4. The minimum atomic E-state index is 0.0691. The van der Waals surface area contributed by atoms with Crippen molar-refractivity contribution in [3.05, 3.63) is 23.3 Å². The minimum Gasteiger partial charge on any atom is -0.350 e. The van der Waals surface area contributed by atoms with E-state index in [9.17, 15) is 0 Å². The molecule has 5 atom stereocenters. The zero-order chi connectivity index (χ0) is 17.1. The van der Waals surface area contributed by atoms with Crippen LogP contribution < -0.4 is 0 Å². The molecule has 0 aromatic rings. The van der Waals surface area contributed by atoms with Gasteiger partial charge in [-0.2, -0.15) is 0 Å². The first kappa shape index (κ1) is 16.6. The van der Waals surface area contributed by atoms with E-state index in [-0.39, 0.29) is 6.29 Å². The third-order valence-electron chi connectivity index (χ3n) is 8.76. The van der Waals surface area contributed by atoms with E-state index >= 15 is 0 Å². The van der Waals surface area contributed by atoms with Crippen LogP contribution in [0.5, 0.6) is 0 Å². The van der Waals surface area contributed by atoms with Gasteiger partial charge >= 0.3 is 0 Å². The Kier molecular flexibility index (Phi) is 3.95. The van der Waals surface area contributed by atoms with E-state index in [2.05, 4.69) is 26.0 Å². The van der Waals surface area contributed by atoms with Crippen molar-refractivity contribution in [2.24, 2.45) is 28.6 Å². The van der Waals surface area contributed by atoms with Gasteiger partial charge < -0.3 is 9.47 Å². The summed E-state index contributed by atoms with van der Waals surface area (Å²) in [5.41, 5.74) is 4.46. The highest BCUT2D eigenvalue weighted by molar-refractivity contribution is 5.38. The molecule has 5 rings (SSSR count). The normalized spacial score (nSPS) is 46.9. The third-order valence-corrected chi connectivity index (χ3v) is 8.76. The van der Waals surface area contributed by atoms with E-state index in [0.29, 0.717) is 10.8 Å². The lowest BCUT2D eigenvalue weighted by molar-refractivity contribution is -0.0706. The number of fused-ring (bicyclic) bond motifs is 5. The Morgan fingerprint density at radius 3 is 2.76 bits per heavy atom. The molecular weight excluding hydrogens is 308 g/mol. The van der Waals surface area contributed by atoms with Crippen LogP contribution in [-0.4, -0.2) is 19.5 Å². The van der Waals surface area contributed by atoms with Crippen molar-refractivity contribution in [2.75, 3.05) is 13.2 Å². The molecule has 5 aliphatic rings. The van der Waals surface area contributed by atoms with Crippen LogP contribution in [0.25, 0.3) is 0 Å². The van der Waals surface area contributed by atoms with Crippen LogP contribution >= 0.6 is 0 Å². The summed E-state index contributed by atoms with van der Waals surface area (Å²) in [5, 5.41) is 0. The van der Waals surface area contributed by atoms with Gasteiger partial charge in [0.2, 0.25) is 0 Å². The van der Waals surface area contributed by atoms with Gasteiger partial charge in [0, 0.05) is 11.8 Å². The summed E-state index contributed by atoms with van der Waals surface area (Å²) in [6, 6.07) is 0. The smallest absolute Gasteiger partial charge is 0.158 e.